The maximum atomic E-state index is 13.1. The van der Waals surface area contributed by atoms with E-state index in [2.05, 4.69) is 16.9 Å². The van der Waals surface area contributed by atoms with E-state index in [4.69, 9.17) is 0 Å². The molecule has 2 aromatic rings. The lowest BCUT2D eigenvalue weighted by molar-refractivity contribution is 0.0740. The molecule has 2 aromatic carbocycles. The smallest absolute Gasteiger partial charge is 0.254 e. The van der Waals surface area contributed by atoms with Crippen molar-refractivity contribution in [1.29, 1.82) is 0 Å². The third kappa shape index (κ3) is 5.99. The molecule has 4 nitrogen and oxygen atoms in total. The number of carbonyl (C=O) groups is 1. The highest BCUT2D eigenvalue weighted by molar-refractivity contribution is 5.95. The Morgan fingerprint density at radius 1 is 1.12 bits per heavy atom. The summed E-state index contributed by atoms with van der Waals surface area (Å²) in [5.41, 5.74) is 2.40. The summed E-state index contributed by atoms with van der Waals surface area (Å²) in [6.07, 6.45) is 4.69. The zero-order valence-electron chi connectivity index (χ0n) is 15.3. The molecule has 0 aliphatic carbocycles. The molecule has 0 saturated heterocycles. The molecule has 0 fully saturated rings. The Kier molecular flexibility index (Phi) is 7.80. The summed E-state index contributed by atoms with van der Waals surface area (Å²) in [4.78, 5) is 19.4. The Bertz CT molecular complexity index is 712. The SMILES string of the molecule is CCCCCN(Cc1ccc(F)cc1)C(=O)c1ccc(/C=N/OC)cc1. The highest BCUT2D eigenvalue weighted by Gasteiger charge is 2.16. The molecule has 0 unspecified atom stereocenters. The minimum absolute atomic E-state index is 0.0272. The lowest BCUT2D eigenvalue weighted by Gasteiger charge is -2.23. The quantitative estimate of drug-likeness (QED) is 0.373. The van der Waals surface area contributed by atoms with Crippen LogP contribution in [0.3, 0.4) is 0 Å². The van der Waals surface area contributed by atoms with Gasteiger partial charge in [0.15, 0.2) is 0 Å². The van der Waals surface area contributed by atoms with Gasteiger partial charge >= 0.3 is 0 Å². The predicted molar refractivity (Wildman–Crippen MR) is 102 cm³/mol. The van der Waals surface area contributed by atoms with Crippen LogP contribution in [-0.2, 0) is 11.4 Å². The lowest BCUT2D eigenvalue weighted by atomic mass is 10.1. The van der Waals surface area contributed by atoms with Gasteiger partial charge in [0, 0.05) is 18.7 Å². The molecule has 0 heterocycles. The van der Waals surface area contributed by atoms with Crippen molar-refractivity contribution in [2.75, 3.05) is 13.7 Å². The van der Waals surface area contributed by atoms with E-state index >= 15 is 0 Å². The van der Waals surface area contributed by atoms with Gasteiger partial charge in [-0.05, 0) is 41.8 Å². The van der Waals surface area contributed by atoms with Crippen molar-refractivity contribution in [3.8, 4) is 0 Å². The standard InChI is InChI=1S/C21H25FN2O2/c1-3-4-5-14-24(16-18-8-12-20(22)13-9-18)21(25)19-10-6-17(7-11-19)15-23-26-2/h6-13,15H,3-5,14,16H2,1-2H3/b23-15+. The molecular formula is C21H25FN2O2. The Morgan fingerprint density at radius 3 is 2.42 bits per heavy atom. The number of unbranched alkanes of at least 4 members (excludes halogenated alkanes) is 2. The monoisotopic (exact) mass is 356 g/mol. The van der Waals surface area contributed by atoms with Crippen molar-refractivity contribution in [3.05, 3.63) is 71.0 Å². The molecule has 0 saturated carbocycles. The number of amides is 1. The predicted octanol–water partition coefficient (Wildman–Crippen LogP) is 4.64. The third-order valence-electron chi connectivity index (χ3n) is 4.07. The van der Waals surface area contributed by atoms with Crippen LogP contribution in [0.1, 0.15) is 47.7 Å². The van der Waals surface area contributed by atoms with Crippen molar-refractivity contribution in [2.24, 2.45) is 5.16 Å². The molecule has 0 bridgehead atoms. The average Bonchev–Trinajstić information content (AvgIpc) is 2.67. The summed E-state index contributed by atoms with van der Waals surface area (Å²) in [6.45, 7) is 3.28. The van der Waals surface area contributed by atoms with Crippen LogP contribution in [0.5, 0.6) is 0 Å². The van der Waals surface area contributed by atoms with Gasteiger partial charge in [0.2, 0.25) is 0 Å². The second-order valence-corrected chi connectivity index (χ2v) is 6.10. The fourth-order valence-electron chi connectivity index (χ4n) is 2.62. The fourth-order valence-corrected chi connectivity index (χ4v) is 2.62. The molecule has 1 amide bonds. The number of hydrogen-bond donors (Lipinski definition) is 0. The Labute approximate surface area is 154 Å². The van der Waals surface area contributed by atoms with Crippen molar-refractivity contribution in [1.82, 2.24) is 4.90 Å². The van der Waals surface area contributed by atoms with Crippen LogP contribution >= 0.6 is 0 Å². The average molecular weight is 356 g/mol. The van der Waals surface area contributed by atoms with E-state index in [0.29, 0.717) is 18.7 Å². The molecule has 0 atom stereocenters. The zero-order chi connectivity index (χ0) is 18.8. The molecule has 0 aliphatic heterocycles. The van der Waals surface area contributed by atoms with Crippen molar-refractivity contribution >= 4 is 12.1 Å². The molecule has 0 aliphatic rings. The summed E-state index contributed by atoms with van der Waals surface area (Å²) in [7, 11) is 1.48. The molecule has 0 N–H and O–H groups in total. The Morgan fingerprint density at radius 2 is 1.81 bits per heavy atom. The van der Waals surface area contributed by atoms with Crippen molar-refractivity contribution in [3.63, 3.8) is 0 Å². The summed E-state index contributed by atoms with van der Waals surface area (Å²) < 4.78 is 13.1. The molecule has 0 radical (unpaired) electrons. The number of rotatable bonds is 9. The van der Waals surface area contributed by atoms with Crippen molar-refractivity contribution in [2.45, 2.75) is 32.7 Å². The number of benzene rings is 2. The van der Waals surface area contributed by atoms with Crippen LogP contribution in [0, 0.1) is 5.82 Å². The van der Waals surface area contributed by atoms with E-state index in [1.165, 1.54) is 19.2 Å². The van der Waals surface area contributed by atoms with Crippen molar-refractivity contribution < 1.29 is 14.0 Å². The molecular weight excluding hydrogens is 331 g/mol. The van der Waals surface area contributed by atoms with E-state index < -0.39 is 0 Å². The van der Waals surface area contributed by atoms with E-state index in [1.807, 2.05) is 17.0 Å². The summed E-state index contributed by atoms with van der Waals surface area (Å²) in [6, 6.07) is 13.5. The summed E-state index contributed by atoms with van der Waals surface area (Å²) in [5, 5.41) is 3.71. The van der Waals surface area contributed by atoms with Crippen LogP contribution in [0.25, 0.3) is 0 Å². The topological polar surface area (TPSA) is 41.9 Å². The number of hydrogen-bond acceptors (Lipinski definition) is 3. The first kappa shape index (κ1) is 19.6. The van der Waals surface area contributed by atoms with Gasteiger partial charge in [0.05, 0.1) is 6.21 Å². The van der Waals surface area contributed by atoms with Gasteiger partial charge in [0.1, 0.15) is 12.9 Å². The summed E-state index contributed by atoms with van der Waals surface area (Å²) >= 11 is 0. The van der Waals surface area contributed by atoms with Crippen LogP contribution in [0.2, 0.25) is 0 Å². The lowest BCUT2D eigenvalue weighted by Crippen LogP contribution is -2.31. The number of carbonyl (C=O) groups excluding carboxylic acids is 1. The minimum atomic E-state index is -0.272. The second-order valence-electron chi connectivity index (χ2n) is 6.10. The molecule has 26 heavy (non-hydrogen) atoms. The van der Waals surface area contributed by atoms with Gasteiger partial charge in [-0.1, -0.05) is 49.2 Å². The van der Waals surface area contributed by atoms with E-state index in [1.54, 1.807) is 30.5 Å². The Balaban J connectivity index is 2.13. The maximum Gasteiger partial charge on any atom is 0.254 e. The van der Waals surface area contributed by atoms with Crippen LogP contribution in [-0.4, -0.2) is 30.7 Å². The van der Waals surface area contributed by atoms with Crippen LogP contribution < -0.4 is 0 Å². The molecule has 138 valence electrons. The second kappa shape index (κ2) is 10.3. The van der Waals surface area contributed by atoms with Gasteiger partial charge in [-0.2, -0.15) is 0 Å². The first-order valence-corrected chi connectivity index (χ1v) is 8.84. The highest BCUT2D eigenvalue weighted by atomic mass is 19.1. The normalized spacial score (nSPS) is 10.9. The van der Waals surface area contributed by atoms with E-state index in [-0.39, 0.29) is 11.7 Å². The molecule has 0 aromatic heterocycles. The van der Waals surface area contributed by atoms with Gasteiger partial charge < -0.3 is 9.74 Å². The largest absolute Gasteiger partial charge is 0.399 e. The maximum absolute atomic E-state index is 13.1. The van der Waals surface area contributed by atoms with Gasteiger partial charge in [-0.25, -0.2) is 4.39 Å². The Hall–Kier alpha value is -2.69. The van der Waals surface area contributed by atoms with Crippen LogP contribution in [0.4, 0.5) is 4.39 Å². The number of nitrogens with zero attached hydrogens (tertiary/aromatic N) is 2. The first-order chi connectivity index (χ1) is 12.6. The van der Waals surface area contributed by atoms with Gasteiger partial charge in [-0.3, -0.25) is 4.79 Å². The first-order valence-electron chi connectivity index (χ1n) is 8.84. The fraction of sp³-hybridized carbons (Fsp3) is 0.333. The third-order valence-corrected chi connectivity index (χ3v) is 4.07. The zero-order valence-corrected chi connectivity index (χ0v) is 15.3. The number of oxime groups is 1. The number of halogens is 1. The van der Waals surface area contributed by atoms with Crippen LogP contribution in [0.15, 0.2) is 53.7 Å². The van der Waals surface area contributed by atoms with E-state index in [0.717, 1.165) is 30.4 Å². The summed E-state index contributed by atoms with van der Waals surface area (Å²) in [5.74, 6) is -0.299. The molecule has 2 rings (SSSR count). The van der Waals surface area contributed by atoms with Gasteiger partial charge in [0.25, 0.3) is 5.91 Å². The molecule has 5 heteroatoms. The molecule has 0 spiro atoms. The highest BCUT2D eigenvalue weighted by Crippen LogP contribution is 2.13. The van der Waals surface area contributed by atoms with Gasteiger partial charge in [-0.15, -0.1) is 0 Å². The van der Waals surface area contributed by atoms with E-state index in [9.17, 15) is 9.18 Å². The minimum Gasteiger partial charge on any atom is -0.399 e.